The fourth-order valence-electron chi connectivity index (χ4n) is 4.10. The predicted molar refractivity (Wildman–Crippen MR) is 64.3 cm³/mol. The van der Waals surface area contributed by atoms with Gasteiger partial charge in [0.05, 0.1) is 0 Å². The van der Waals surface area contributed by atoms with E-state index in [1.165, 1.54) is 12.8 Å². The largest absolute Gasteiger partial charge is 0.0651 e. The lowest BCUT2D eigenvalue weighted by Crippen LogP contribution is -2.38. The zero-order valence-corrected chi connectivity index (χ0v) is 11.1. The highest BCUT2D eigenvalue weighted by molar-refractivity contribution is 5.03. The van der Waals surface area contributed by atoms with Gasteiger partial charge in [-0.2, -0.15) is 0 Å². The average molecular weight is 196 g/mol. The second-order valence-electron chi connectivity index (χ2n) is 6.49. The zero-order valence-electron chi connectivity index (χ0n) is 11.1. The van der Waals surface area contributed by atoms with Crippen LogP contribution in [0.1, 0.15) is 61.3 Å². The molecule has 1 aliphatic rings. The van der Waals surface area contributed by atoms with Crippen molar-refractivity contribution in [3.8, 4) is 0 Å². The lowest BCUT2D eigenvalue weighted by atomic mass is 9.60. The summed E-state index contributed by atoms with van der Waals surface area (Å²) in [6.45, 7) is 17.1. The minimum atomic E-state index is 0.509. The van der Waals surface area contributed by atoms with E-state index in [0.717, 1.165) is 17.8 Å². The topological polar surface area (TPSA) is 0 Å². The Bertz CT molecular complexity index is 202. The van der Waals surface area contributed by atoms with Gasteiger partial charge in [-0.1, -0.05) is 54.9 Å². The van der Waals surface area contributed by atoms with Crippen molar-refractivity contribution in [3.63, 3.8) is 0 Å². The Morgan fingerprint density at radius 1 is 1.21 bits per heavy atom. The van der Waals surface area contributed by atoms with Gasteiger partial charge in [-0.15, -0.1) is 0 Å². The maximum absolute atomic E-state index is 2.50. The monoisotopic (exact) mass is 196 g/mol. The molecule has 3 atom stereocenters. The van der Waals surface area contributed by atoms with Gasteiger partial charge < -0.3 is 0 Å². The standard InChI is InChI=1S/C14H28/c1-8-12-11(4)9-14(7,10(2)3)13(12,5)6/h10-12H,8-9H2,1-7H3. The molecule has 0 bridgehead atoms. The van der Waals surface area contributed by atoms with Gasteiger partial charge in [0.15, 0.2) is 0 Å². The Hall–Kier alpha value is 0. The molecule has 0 saturated heterocycles. The quantitative estimate of drug-likeness (QED) is 0.598. The maximum Gasteiger partial charge on any atom is -0.0246 e. The van der Waals surface area contributed by atoms with Gasteiger partial charge in [-0.25, -0.2) is 0 Å². The first kappa shape index (κ1) is 12.1. The van der Waals surface area contributed by atoms with Crippen molar-refractivity contribution in [2.75, 3.05) is 0 Å². The van der Waals surface area contributed by atoms with E-state index in [9.17, 15) is 0 Å². The van der Waals surface area contributed by atoms with Crippen LogP contribution in [0.2, 0.25) is 0 Å². The predicted octanol–water partition coefficient (Wildman–Crippen LogP) is 4.74. The van der Waals surface area contributed by atoms with Crippen molar-refractivity contribution >= 4 is 0 Å². The van der Waals surface area contributed by atoms with Gasteiger partial charge in [-0.3, -0.25) is 0 Å². The summed E-state index contributed by atoms with van der Waals surface area (Å²) in [6, 6.07) is 0. The highest BCUT2D eigenvalue weighted by atomic mass is 14.6. The molecule has 1 rings (SSSR count). The highest BCUT2D eigenvalue weighted by Gasteiger charge is 2.54. The van der Waals surface area contributed by atoms with Gasteiger partial charge >= 0.3 is 0 Å². The van der Waals surface area contributed by atoms with Crippen molar-refractivity contribution in [1.82, 2.24) is 0 Å². The number of hydrogen-bond donors (Lipinski definition) is 0. The van der Waals surface area contributed by atoms with Crippen LogP contribution in [0.5, 0.6) is 0 Å². The molecular formula is C14H28. The molecule has 14 heavy (non-hydrogen) atoms. The van der Waals surface area contributed by atoms with Crippen LogP contribution >= 0.6 is 0 Å². The SMILES string of the molecule is CCC1C(C)CC(C)(C(C)C)C1(C)C. The minimum Gasteiger partial charge on any atom is -0.0651 e. The number of rotatable bonds is 2. The summed E-state index contributed by atoms with van der Waals surface area (Å²) in [5.41, 5.74) is 1.04. The third-order valence-electron chi connectivity index (χ3n) is 5.55. The fourth-order valence-corrected chi connectivity index (χ4v) is 4.10. The molecule has 0 radical (unpaired) electrons. The van der Waals surface area contributed by atoms with Crippen LogP contribution in [0.15, 0.2) is 0 Å². The van der Waals surface area contributed by atoms with E-state index in [1.807, 2.05) is 0 Å². The second-order valence-corrected chi connectivity index (χ2v) is 6.49. The van der Waals surface area contributed by atoms with Gasteiger partial charge in [0.25, 0.3) is 0 Å². The molecule has 0 heteroatoms. The zero-order chi connectivity index (χ0) is 11.1. The summed E-state index contributed by atoms with van der Waals surface area (Å²) >= 11 is 0. The molecule has 0 aromatic rings. The molecule has 1 aliphatic carbocycles. The van der Waals surface area contributed by atoms with Crippen LogP contribution < -0.4 is 0 Å². The molecule has 0 heterocycles. The molecule has 1 saturated carbocycles. The molecule has 0 amide bonds. The van der Waals surface area contributed by atoms with Crippen LogP contribution in [0.4, 0.5) is 0 Å². The first-order chi connectivity index (χ1) is 6.27. The Kier molecular flexibility index (Phi) is 3.05. The van der Waals surface area contributed by atoms with Gasteiger partial charge in [0.1, 0.15) is 0 Å². The second kappa shape index (κ2) is 3.54. The van der Waals surface area contributed by atoms with E-state index in [0.29, 0.717) is 10.8 Å². The minimum absolute atomic E-state index is 0.509. The Labute approximate surface area is 90.5 Å². The summed E-state index contributed by atoms with van der Waals surface area (Å²) in [5.74, 6) is 2.62. The van der Waals surface area contributed by atoms with E-state index in [2.05, 4.69) is 48.5 Å². The molecule has 0 N–H and O–H groups in total. The van der Waals surface area contributed by atoms with Gasteiger partial charge in [0, 0.05) is 0 Å². The van der Waals surface area contributed by atoms with E-state index >= 15 is 0 Å². The maximum atomic E-state index is 2.50. The van der Waals surface area contributed by atoms with E-state index < -0.39 is 0 Å². The van der Waals surface area contributed by atoms with Crippen LogP contribution in [0, 0.1) is 28.6 Å². The number of hydrogen-bond acceptors (Lipinski definition) is 0. The molecule has 0 nitrogen and oxygen atoms in total. The van der Waals surface area contributed by atoms with Crippen molar-refractivity contribution in [1.29, 1.82) is 0 Å². The van der Waals surface area contributed by atoms with Crippen molar-refractivity contribution < 1.29 is 0 Å². The molecule has 3 unspecified atom stereocenters. The molecular weight excluding hydrogens is 168 g/mol. The van der Waals surface area contributed by atoms with E-state index in [4.69, 9.17) is 0 Å². The van der Waals surface area contributed by atoms with Crippen molar-refractivity contribution in [2.24, 2.45) is 28.6 Å². The Balaban J connectivity index is 3.03. The third kappa shape index (κ3) is 1.42. The molecule has 84 valence electrons. The summed E-state index contributed by atoms with van der Waals surface area (Å²) in [6.07, 6.45) is 2.76. The molecule has 1 fully saturated rings. The fraction of sp³-hybridized carbons (Fsp3) is 1.00. The lowest BCUT2D eigenvalue weighted by Gasteiger charge is -2.45. The average Bonchev–Trinajstić information content (AvgIpc) is 2.20. The van der Waals surface area contributed by atoms with Crippen LogP contribution in [0.3, 0.4) is 0 Å². The van der Waals surface area contributed by atoms with Crippen LogP contribution in [-0.2, 0) is 0 Å². The summed E-state index contributed by atoms with van der Waals surface area (Å²) < 4.78 is 0. The Morgan fingerprint density at radius 2 is 1.71 bits per heavy atom. The van der Waals surface area contributed by atoms with Gasteiger partial charge in [-0.05, 0) is 35.0 Å². The van der Waals surface area contributed by atoms with Crippen LogP contribution in [0.25, 0.3) is 0 Å². The first-order valence-corrected chi connectivity index (χ1v) is 6.27. The highest BCUT2D eigenvalue weighted by Crippen LogP contribution is 2.62. The van der Waals surface area contributed by atoms with Crippen molar-refractivity contribution in [3.05, 3.63) is 0 Å². The normalized spacial score (nSPS) is 42.0. The summed E-state index contributed by atoms with van der Waals surface area (Å²) in [4.78, 5) is 0. The molecule has 0 aromatic heterocycles. The van der Waals surface area contributed by atoms with E-state index in [1.54, 1.807) is 0 Å². The van der Waals surface area contributed by atoms with Gasteiger partial charge in [0.2, 0.25) is 0 Å². The van der Waals surface area contributed by atoms with E-state index in [-0.39, 0.29) is 0 Å². The van der Waals surface area contributed by atoms with Crippen molar-refractivity contribution in [2.45, 2.75) is 61.3 Å². The molecule has 0 spiro atoms. The smallest absolute Gasteiger partial charge is 0.0246 e. The third-order valence-corrected chi connectivity index (χ3v) is 5.55. The molecule has 0 aliphatic heterocycles. The Morgan fingerprint density at radius 3 is 1.93 bits per heavy atom. The summed E-state index contributed by atoms with van der Waals surface area (Å²) in [5, 5.41) is 0. The molecule has 0 aromatic carbocycles. The summed E-state index contributed by atoms with van der Waals surface area (Å²) in [7, 11) is 0. The first-order valence-electron chi connectivity index (χ1n) is 6.27. The lowest BCUT2D eigenvalue weighted by molar-refractivity contribution is 0.0391. The van der Waals surface area contributed by atoms with Crippen LogP contribution in [-0.4, -0.2) is 0 Å².